The first-order valence-electron chi connectivity index (χ1n) is 16.9. The molecular weight excluding hydrogens is 619 g/mol. The van der Waals surface area contributed by atoms with Crippen LogP contribution in [-0.2, 0) is 18.6 Å². The number of hydrogen-bond acceptors (Lipinski definition) is 4. The molecule has 4 aromatic rings. The van der Waals surface area contributed by atoms with Gasteiger partial charge >= 0.3 is 0 Å². The van der Waals surface area contributed by atoms with E-state index < -0.39 is 0 Å². The maximum absolute atomic E-state index is 10.8. The van der Waals surface area contributed by atoms with Crippen LogP contribution >= 0.6 is 0 Å². The van der Waals surface area contributed by atoms with Gasteiger partial charge in [0.05, 0.1) is 0 Å². The Morgan fingerprint density at radius 1 is 0.596 bits per heavy atom. The van der Waals surface area contributed by atoms with Gasteiger partial charge < -0.3 is 37.6 Å². The first-order chi connectivity index (χ1) is 22.6. The summed E-state index contributed by atoms with van der Waals surface area (Å²) in [6.07, 6.45) is 4.39. The average Bonchev–Trinajstić information content (AvgIpc) is 3.11. The van der Waals surface area contributed by atoms with E-state index in [2.05, 4.69) is 30.6 Å². The van der Waals surface area contributed by atoms with Crippen LogP contribution < -0.4 is 0 Å². The number of hydrogen-bond donors (Lipinski definition) is 2. The molecule has 2 N–H and O–H groups in total. The van der Waals surface area contributed by atoms with Crippen molar-refractivity contribution in [1.82, 2.24) is 9.80 Å². The van der Waals surface area contributed by atoms with E-state index in [1.165, 1.54) is 0 Å². The summed E-state index contributed by atoms with van der Waals surface area (Å²) >= 11 is 0. The van der Waals surface area contributed by atoms with Crippen LogP contribution in [0, 0.1) is 6.92 Å². The Hall–Kier alpha value is -3.10. The second kappa shape index (κ2) is 20.3. The molecule has 0 bridgehead atoms. The van der Waals surface area contributed by atoms with Crippen molar-refractivity contribution in [2.45, 2.75) is 58.8 Å². The molecule has 2 aliphatic rings. The Morgan fingerprint density at radius 3 is 1.34 bits per heavy atom. The third-order valence-corrected chi connectivity index (χ3v) is 8.38. The number of aromatic hydroxyl groups is 2. The minimum atomic E-state index is -0.0163. The molecule has 2 atom stereocenters. The van der Waals surface area contributed by atoms with E-state index >= 15 is 0 Å². The summed E-state index contributed by atoms with van der Waals surface area (Å²) in [7, 11) is 0. The molecule has 7 heteroatoms. The van der Waals surface area contributed by atoms with Gasteiger partial charge in [0.25, 0.3) is 0 Å². The van der Waals surface area contributed by atoms with Gasteiger partial charge in [0, 0.05) is 29.7 Å². The number of phenols is 2. The van der Waals surface area contributed by atoms with Crippen molar-refractivity contribution < 1.29 is 28.8 Å². The van der Waals surface area contributed by atoms with Crippen LogP contribution in [0.5, 0.6) is 11.5 Å². The Bertz CT molecular complexity index is 1340. The molecule has 0 amide bonds. The van der Waals surface area contributed by atoms with Crippen molar-refractivity contribution in [3.63, 3.8) is 0 Å². The fraction of sp³-hybridized carbons (Fsp3) is 0.375. The summed E-state index contributed by atoms with van der Waals surface area (Å²) in [5.41, 5.74) is 5.70. The van der Waals surface area contributed by atoms with Gasteiger partial charge in [0.2, 0.25) is 0 Å². The summed E-state index contributed by atoms with van der Waals surface area (Å²) in [4.78, 5) is 4.74. The van der Waals surface area contributed by atoms with Gasteiger partial charge in [-0.3, -0.25) is 0 Å². The standard InChI is InChI=1S/2C19H23N2O.C2H5.V/c2*1-2-13-21-14-7-12-20-19(21)17-11-6-10-16(18(17)22)15-8-4-3-5-9-15;1-2;/h2*3-6,8-11,19,22H,2,7,12-14H2,1H3;1H2,2H3;/q3*-1;. The van der Waals surface area contributed by atoms with Crippen LogP contribution in [0.3, 0.4) is 0 Å². The van der Waals surface area contributed by atoms with E-state index in [1.807, 2.05) is 97.1 Å². The van der Waals surface area contributed by atoms with E-state index in [0.29, 0.717) is 11.5 Å². The topological polar surface area (TPSA) is 75.1 Å². The molecular formula is C40H51N4O2V-3. The minimum absolute atomic E-state index is 0. The zero-order chi connectivity index (χ0) is 32.7. The number of benzene rings is 4. The van der Waals surface area contributed by atoms with Crippen LogP contribution in [0.1, 0.15) is 69.9 Å². The number of rotatable bonds is 8. The number of para-hydroxylation sites is 2. The molecule has 2 heterocycles. The normalized spacial score (nSPS) is 18.1. The first-order valence-corrected chi connectivity index (χ1v) is 16.9. The SMILES string of the molecule is CCCN1CCC[N-]C1c1cccc(-c2ccccc2)c1O.CCCN1CCC[N-]C1c1cccc(-c2ccccc2)c1O.[CH2-]C.[V]. The van der Waals surface area contributed by atoms with Gasteiger partial charge in [-0.15, -0.1) is 13.1 Å². The van der Waals surface area contributed by atoms with Gasteiger partial charge in [-0.2, -0.15) is 6.92 Å². The Labute approximate surface area is 295 Å². The summed E-state index contributed by atoms with van der Waals surface area (Å²) in [6.45, 7) is 15.3. The molecule has 6 rings (SSSR count). The smallest absolute Gasteiger partial charge is 0.126 e. The molecule has 2 aliphatic heterocycles. The molecule has 6 nitrogen and oxygen atoms in total. The predicted molar refractivity (Wildman–Crippen MR) is 193 cm³/mol. The van der Waals surface area contributed by atoms with Crippen molar-refractivity contribution in [3.8, 4) is 33.8 Å². The van der Waals surface area contributed by atoms with Gasteiger partial charge in [-0.05, 0) is 61.3 Å². The summed E-state index contributed by atoms with van der Waals surface area (Å²) < 4.78 is 0. The molecule has 0 aliphatic carbocycles. The van der Waals surface area contributed by atoms with Crippen LogP contribution in [0.2, 0.25) is 0 Å². The molecule has 0 aromatic heterocycles. The monoisotopic (exact) mass is 670 g/mol. The molecule has 2 unspecified atom stereocenters. The van der Waals surface area contributed by atoms with Crippen LogP contribution in [0.25, 0.3) is 32.9 Å². The van der Waals surface area contributed by atoms with Crippen LogP contribution in [0.15, 0.2) is 97.1 Å². The van der Waals surface area contributed by atoms with Gasteiger partial charge in [-0.1, -0.05) is 136 Å². The summed E-state index contributed by atoms with van der Waals surface area (Å²) in [5, 5.41) is 31.1. The zero-order valence-corrected chi connectivity index (χ0v) is 29.7. The maximum Gasteiger partial charge on any atom is 0.126 e. The Kier molecular flexibility index (Phi) is 16.6. The quantitative estimate of drug-likeness (QED) is 0.183. The van der Waals surface area contributed by atoms with Crippen molar-refractivity contribution in [1.29, 1.82) is 0 Å². The average molecular weight is 671 g/mol. The molecule has 251 valence electrons. The van der Waals surface area contributed by atoms with Gasteiger partial charge in [0.15, 0.2) is 0 Å². The molecule has 2 saturated heterocycles. The molecule has 4 aromatic carbocycles. The molecule has 1 radical (unpaired) electrons. The molecule has 0 spiro atoms. The third kappa shape index (κ3) is 9.96. The number of phenolic OH excluding ortho intramolecular Hbond substituents is 2. The van der Waals surface area contributed by atoms with Crippen molar-refractivity contribution in [3.05, 3.63) is 126 Å². The number of nitrogens with zero attached hydrogens (tertiary/aromatic N) is 4. The minimum Gasteiger partial charge on any atom is -0.643 e. The van der Waals surface area contributed by atoms with E-state index in [4.69, 9.17) is 10.6 Å². The van der Waals surface area contributed by atoms with Crippen molar-refractivity contribution >= 4 is 0 Å². The van der Waals surface area contributed by atoms with E-state index in [-0.39, 0.29) is 30.9 Å². The van der Waals surface area contributed by atoms with E-state index in [9.17, 15) is 10.2 Å². The second-order valence-electron chi connectivity index (χ2n) is 11.6. The van der Waals surface area contributed by atoms with E-state index in [1.54, 1.807) is 6.92 Å². The summed E-state index contributed by atoms with van der Waals surface area (Å²) in [5.74, 6) is 0.732. The zero-order valence-electron chi connectivity index (χ0n) is 28.3. The van der Waals surface area contributed by atoms with Crippen LogP contribution in [0.4, 0.5) is 0 Å². The largest absolute Gasteiger partial charge is 0.643 e. The van der Waals surface area contributed by atoms with Crippen molar-refractivity contribution in [2.75, 3.05) is 39.3 Å². The summed E-state index contributed by atoms with van der Waals surface area (Å²) in [6, 6.07) is 32.1. The molecule has 47 heavy (non-hydrogen) atoms. The van der Waals surface area contributed by atoms with Gasteiger partial charge in [0.1, 0.15) is 11.5 Å². The van der Waals surface area contributed by atoms with Gasteiger partial charge in [-0.25, -0.2) is 0 Å². The maximum atomic E-state index is 10.8. The first kappa shape index (κ1) is 38.4. The van der Waals surface area contributed by atoms with Crippen LogP contribution in [-0.4, -0.2) is 59.3 Å². The fourth-order valence-electron chi connectivity index (χ4n) is 6.32. The molecule has 0 saturated carbocycles. The second-order valence-corrected chi connectivity index (χ2v) is 11.6. The van der Waals surface area contributed by atoms with E-state index in [0.717, 1.165) is 98.3 Å². The fourth-order valence-corrected chi connectivity index (χ4v) is 6.32. The third-order valence-electron chi connectivity index (χ3n) is 8.38. The predicted octanol–water partition coefficient (Wildman–Crippen LogP) is 9.93. The Morgan fingerprint density at radius 2 is 0.979 bits per heavy atom. The van der Waals surface area contributed by atoms with Crippen molar-refractivity contribution in [2.24, 2.45) is 0 Å². The molecule has 2 fully saturated rings. The Balaban J connectivity index is 0.000000238.